The summed E-state index contributed by atoms with van der Waals surface area (Å²) < 4.78 is 28.5. The molecule has 178 valence electrons. The highest BCUT2D eigenvalue weighted by Crippen LogP contribution is 2.35. The standard InChI is InChI=1S/C26H22ClN3O4S/c1-34-21-4-2-3-20(15-21)30-26(31)24-14-18(16-5-9-19(27)10-6-16)13-23(25(24)28)17-7-11-22(12-8-17)35(29,32)33/h2-15H,28H2,1H3,(H,30,31)(H2,29,32,33). The molecule has 7 nitrogen and oxygen atoms in total. The molecule has 35 heavy (non-hydrogen) atoms. The van der Waals surface area contributed by atoms with E-state index in [0.29, 0.717) is 27.6 Å². The second-order valence-corrected chi connectivity index (χ2v) is 9.75. The van der Waals surface area contributed by atoms with E-state index in [1.54, 1.807) is 61.7 Å². The summed E-state index contributed by atoms with van der Waals surface area (Å²) in [7, 11) is -2.30. The first-order chi connectivity index (χ1) is 16.7. The fourth-order valence-corrected chi connectivity index (χ4v) is 4.25. The predicted molar refractivity (Wildman–Crippen MR) is 139 cm³/mol. The van der Waals surface area contributed by atoms with Gasteiger partial charge in [-0.2, -0.15) is 0 Å². The molecule has 0 aliphatic heterocycles. The molecule has 4 aromatic carbocycles. The van der Waals surface area contributed by atoms with Crippen molar-refractivity contribution in [3.8, 4) is 28.0 Å². The Labute approximate surface area is 208 Å². The average molecular weight is 508 g/mol. The zero-order valence-electron chi connectivity index (χ0n) is 18.7. The number of halogens is 1. The molecule has 5 N–H and O–H groups in total. The molecule has 0 aliphatic carbocycles. The molecule has 0 unspecified atom stereocenters. The van der Waals surface area contributed by atoms with Crippen LogP contribution >= 0.6 is 11.6 Å². The summed E-state index contributed by atoms with van der Waals surface area (Å²) in [6.45, 7) is 0. The number of nitrogen functional groups attached to an aromatic ring is 1. The molecule has 0 saturated heterocycles. The molecule has 0 spiro atoms. The van der Waals surface area contributed by atoms with Crippen molar-refractivity contribution in [3.63, 3.8) is 0 Å². The van der Waals surface area contributed by atoms with Crippen molar-refractivity contribution < 1.29 is 17.9 Å². The van der Waals surface area contributed by atoms with Crippen molar-refractivity contribution in [1.29, 1.82) is 0 Å². The van der Waals surface area contributed by atoms with E-state index in [1.807, 2.05) is 18.2 Å². The quantitative estimate of drug-likeness (QED) is 0.311. The molecule has 0 atom stereocenters. The zero-order valence-corrected chi connectivity index (χ0v) is 20.2. The van der Waals surface area contributed by atoms with Gasteiger partial charge in [0.2, 0.25) is 10.0 Å². The summed E-state index contributed by atoms with van der Waals surface area (Å²) in [5.41, 5.74) is 10.3. The highest BCUT2D eigenvalue weighted by Gasteiger charge is 2.18. The number of nitrogens with one attached hydrogen (secondary N) is 1. The first kappa shape index (κ1) is 24.3. The second kappa shape index (κ2) is 9.79. The normalized spacial score (nSPS) is 11.2. The molecule has 0 bridgehead atoms. The summed E-state index contributed by atoms with van der Waals surface area (Å²) in [5.74, 6) is 0.190. The van der Waals surface area contributed by atoms with Crippen molar-refractivity contribution in [2.24, 2.45) is 5.14 Å². The minimum atomic E-state index is -3.85. The van der Waals surface area contributed by atoms with Gasteiger partial charge in [0, 0.05) is 22.3 Å². The number of sulfonamides is 1. The maximum Gasteiger partial charge on any atom is 0.257 e. The van der Waals surface area contributed by atoms with Gasteiger partial charge in [0.25, 0.3) is 5.91 Å². The molecular weight excluding hydrogens is 486 g/mol. The third kappa shape index (κ3) is 5.46. The molecule has 0 heterocycles. The fraction of sp³-hybridized carbons (Fsp3) is 0.0385. The lowest BCUT2D eigenvalue weighted by Crippen LogP contribution is -2.15. The number of hydrogen-bond donors (Lipinski definition) is 3. The lowest BCUT2D eigenvalue weighted by atomic mass is 9.93. The lowest BCUT2D eigenvalue weighted by molar-refractivity contribution is 0.102. The van der Waals surface area contributed by atoms with Crippen LogP contribution in [-0.4, -0.2) is 21.4 Å². The Hall–Kier alpha value is -3.85. The van der Waals surface area contributed by atoms with Crippen LogP contribution in [0, 0.1) is 0 Å². The average Bonchev–Trinajstić information content (AvgIpc) is 2.84. The van der Waals surface area contributed by atoms with E-state index in [9.17, 15) is 13.2 Å². The number of ether oxygens (including phenoxy) is 1. The van der Waals surface area contributed by atoms with E-state index < -0.39 is 15.9 Å². The van der Waals surface area contributed by atoms with Crippen LogP contribution in [0.15, 0.2) is 89.8 Å². The molecule has 4 aromatic rings. The van der Waals surface area contributed by atoms with Crippen LogP contribution in [0.3, 0.4) is 0 Å². The van der Waals surface area contributed by atoms with Gasteiger partial charge in [-0.1, -0.05) is 41.9 Å². The van der Waals surface area contributed by atoms with Crippen molar-refractivity contribution >= 4 is 38.9 Å². The van der Waals surface area contributed by atoms with Crippen molar-refractivity contribution in [2.45, 2.75) is 4.90 Å². The molecule has 0 saturated carbocycles. The third-order valence-electron chi connectivity index (χ3n) is 5.42. The Morgan fingerprint density at radius 3 is 2.17 bits per heavy atom. The van der Waals surface area contributed by atoms with Gasteiger partial charge in [-0.25, -0.2) is 13.6 Å². The van der Waals surface area contributed by atoms with Crippen LogP contribution < -0.4 is 20.9 Å². The Morgan fingerprint density at radius 1 is 0.886 bits per heavy atom. The Balaban J connectivity index is 1.82. The first-order valence-electron chi connectivity index (χ1n) is 10.4. The van der Waals surface area contributed by atoms with Crippen LogP contribution in [0.25, 0.3) is 22.3 Å². The van der Waals surface area contributed by atoms with Crippen molar-refractivity contribution in [1.82, 2.24) is 0 Å². The smallest absolute Gasteiger partial charge is 0.257 e. The van der Waals surface area contributed by atoms with Crippen LogP contribution in [-0.2, 0) is 10.0 Å². The number of methoxy groups -OCH3 is 1. The maximum atomic E-state index is 13.3. The van der Waals surface area contributed by atoms with E-state index in [0.717, 1.165) is 11.1 Å². The zero-order chi connectivity index (χ0) is 25.2. The van der Waals surface area contributed by atoms with E-state index in [1.165, 1.54) is 12.1 Å². The molecular formula is C26H22ClN3O4S. The van der Waals surface area contributed by atoms with Crippen LogP contribution in [0.4, 0.5) is 11.4 Å². The number of amides is 1. The molecule has 0 aromatic heterocycles. The predicted octanol–water partition coefficient (Wildman–Crippen LogP) is 5.16. The SMILES string of the molecule is COc1cccc(NC(=O)c2cc(-c3ccc(Cl)cc3)cc(-c3ccc(S(N)(=O)=O)cc3)c2N)c1. The van der Waals surface area contributed by atoms with Gasteiger partial charge in [0.15, 0.2) is 0 Å². The van der Waals surface area contributed by atoms with E-state index in [-0.39, 0.29) is 16.1 Å². The van der Waals surface area contributed by atoms with Crippen LogP contribution in [0.1, 0.15) is 10.4 Å². The first-order valence-corrected chi connectivity index (χ1v) is 12.4. The number of carbonyl (C=O) groups excluding carboxylic acids is 1. The molecule has 0 aliphatic rings. The molecule has 4 rings (SSSR count). The summed E-state index contributed by atoms with van der Waals surface area (Å²) in [5, 5.41) is 8.66. The summed E-state index contributed by atoms with van der Waals surface area (Å²) in [6.07, 6.45) is 0. The van der Waals surface area contributed by atoms with Gasteiger partial charge in [-0.05, 0) is 65.2 Å². The van der Waals surface area contributed by atoms with E-state index in [4.69, 9.17) is 27.2 Å². The largest absolute Gasteiger partial charge is 0.497 e. The number of carbonyl (C=O) groups is 1. The van der Waals surface area contributed by atoms with Crippen LogP contribution in [0.2, 0.25) is 5.02 Å². The van der Waals surface area contributed by atoms with Gasteiger partial charge < -0.3 is 15.8 Å². The summed E-state index contributed by atoms with van der Waals surface area (Å²) >= 11 is 6.05. The molecule has 1 amide bonds. The van der Waals surface area contributed by atoms with Crippen molar-refractivity contribution in [2.75, 3.05) is 18.2 Å². The number of hydrogen-bond acceptors (Lipinski definition) is 5. The number of nitrogens with two attached hydrogens (primary N) is 2. The lowest BCUT2D eigenvalue weighted by Gasteiger charge is -2.16. The summed E-state index contributed by atoms with van der Waals surface area (Å²) in [4.78, 5) is 13.3. The van der Waals surface area contributed by atoms with Gasteiger partial charge in [-0.15, -0.1) is 0 Å². The Morgan fingerprint density at radius 2 is 1.54 bits per heavy atom. The van der Waals surface area contributed by atoms with Crippen molar-refractivity contribution in [3.05, 3.63) is 95.5 Å². The Bertz CT molecular complexity index is 1500. The summed E-state index contributed by atoms with van der Waals surface area (Å²) in [6, 6.07) is 23.7. The van der Waals surface area contributed by atoms with Gasteiger partial charge >= 0.3 is 0 Å². The van der Waals surface area contributed by atoms with Gasteiger partial charge in [-0.3, -0.25) is 4.79 Å². The number of benzene rings is 4. The number of primary sulfonamides is 1. The van der Waals surface area contributed by atoms with E-state index >= 15 is 0 Å². The highest BCUT2D eigenvalue weighted by molar-refractivity contribution is 7.89. The monoisotopic (exact) mass is 507 g/mol. The second-order valence-electron chi connectivity index (χ2n) is 7.75. The Kier molecular flexibility index (Phi) is 6.79. The molecule has 0 fully saturated rings. The molecule has 9 heteroatoms. The maximum absolute atomic E-state index is 13.3. The van der Waals surface area contributed by atoms with E-state index in [2.05, 4.69) is 5.32 Å². The topological polar surface area (TPSA) is 125 Å². The van der Waals surface area contributed by atoms with Crippen LogP contribution in [0.5, 0.6) is 5.75 Å². The number of rotatable bonds is 6. The van der Waals surface area contributed by atoms with Gasteiger partial charge in [0.05, 0.1) is 23.3 Å². The highest BCUT2D eigenvalue weighted by atomic mass is 35.5. The minimum Gasteiger partial charge on any atom is -0.497 e. The third-order valence-corrected chi connectivity index (χ3v) is 6.60. The minimum absolute atomic E-state index is 0.0235. The molecule has 0 radical (unpaired) electrons. The fourth-order valence-electron chi connectivity index (χ4n) is 3.61. The van der Waals surface area contributed by atoms with Gasteiger partial charge in [0.1, 0.15) is 5.75 Å². The number of anilines is 2.